The molecule has 1 aromatic rings. The minimum Gasteiger partial charge on any atom is -0.383 e. The molecule has 1 aromatic carbocycles. The van der Waals surface area contributed by atoms with E-state index in [1.54, 1.807) is 7.11 Å². The number of aryl methyl sites for hydroxylation is 1. The molecule has 3 heteroatoms. The Kier molecular flexibility index (Phi) is 7.63. The molecule has 1 unspecified atom stereocenters. The topological polar surface area (TPSA) is 24.5 Å². The quantitative estimate of drug-likeness (QED) is 0.701. The van der Waals surface area contributed by atoms with Crippen molar-refractivity contribution in [1.29, 1.82) is 0 Å². The Hall–Kier alpha value is -1.06. The summed E-state index contributed by atoms with van der Waals surface area (Å²) < 4.78 is 5.29. The fourth-order valence-corrected chi connectivity index (χ4v) is 2.61. The Morgan fingerprint density at radius 2 is 2.05 bits per heavy atom. The van der Waals surface area contributed by atoms with Crippen LogP contribution >= 0.6 is 0 Å². The van der Waals surface area contributed by atoms with E-state index >= 15 is 0 Å². The Morgan fingerprint density at radius 1 is 1.30 bits per heavy atom. The minimum absolute atomic E-state index is 0.396. The van der Waals surface area contributed by atoms with Crippen molar-refractivity contribution in [3.8, 4) is 0 Å². The highest BCUT2D eigenvalue weighted by molar-refractivity contribution is 5.55. The molecule has 0 aliphatic carbocycles. The molecule has 0 aliphatic rings. The number of methoxy groups -OCH3 is 1. The monoisotopic (exact) mass is 278 g/mol. The second-order valence-corrected chi connectivity index (χ2v) is 5.39. The highest BCUT2D eigenvalue weighted by Gasteiger charge is 2.14. The number of ether oxygens (including phenoxy) is 1. The Balaban J connectivity index is 2.79. The molecular weight excluding hydrogens is 248 g/mol. The van der Waals surface area contributed by atoms with Gasteiger partial charge in [-0.3, -0.25) is 0 Å². The van der Waals surface area contributed by atoms with E-state index in [1.165, 1.54) is 23.2 Å². The number of nitrogens with zero attached hydrogens (tertiary/aromatic N) is 1. The van der Waals surface area contributed by atoms with E-state index in [-0.39, 0.29) is 0 Å². The Labute approximate surface area is 124 Å². The summed E-state index contributed by atoms with van der Waals surface area (Å²) in [5.41, 5.74) is 4.01. The molecule has 0 radical (unpaired) electrons. The smallest absolute Gasteiger partial charge is 0.0663 e. The van der Waals surface area contributed by atoms with Gasteiger partial charge in [-0.05, 0) is 50.9 Å². The first-order valence-electron chi connectivity index (χ1n) is 7.69. The van der Waals surface area contributed by atoms with Crippen LogP contribution in [0.2, 0.25) is 0 Å². The highest BCUT2D eigenvalue weighted by Crippen LogP contribution is 2.23. The van der Waals surface area contributed by atoms with Crippen LogP contribution in [0, 0.1) is 6.92 Å². The third kappa shape index (κ3) is 4.80. The molecule has 0 spiro atoms. The number of hydrogen-bond donors (Lipinski definition) is 1. The lowest BCUT2D eigenvalue weighted by Crippen LogP contribution is -2.36. The molecule has 1 rings (SSSR count). The van der Waals surface area contributed by atoms with Crippen molar-refractivity contribution in [2.24, 2.45) is 0 Å². The molecule has 3 nitrogen and oxygen atoms in total. The third-order valence-electron chi connectivity index (χ3n) is 3.61. The second kappa shape index (κ2) is 8.98. The lowest BCUT2D eigenvalue weighted by molar-refractivity contribution is 0.182. The molecule has 0 fully saturated rings. The number of likely N-dealkylation sites (N-methyl/N-ethyl adjacent to an activating group) is 1. The Morgan fingerprint density at radius 3 is 2.60 bits per heavy atom. The van der Waals surface area contributed by atoms with Gasteiger partial charge in [0.1, 0.15) is 0 Å². The fraction of sp³-hybridized carbons (Fsp3) is 0.647. The van der Waals surface area contributed by atoms with Crippen molar-refractivity contribution in [1.82, 2.24) is 5.32 Å². The molecule has 0 amide bonds. The number of benzene rings is 1. The maximum Gasteiger partial charge on any atom is 0.0663 e. The minimum atomic E-state index is 0.396. The Bertz CT molecular complexity index is 393. The molecule has 20 heavy (non-hydrogen) atoms. The first-order chi connectivity index (χ1) is 9.63. The lowest BCUT2D eigenvalue weighted by Gasteiger charge is -2.31. The molecule has 0 saturated carbocycles. The maximum absolute atomic E-state index is 5.29. The number of nitrogens with one attached hydrogen (secondary N) is 1. The van der Waals surface area contributed by atoms with E-state index in [0.717, 1.165) is 26.2 Å². The summed E-state index contributed by atoms with van der Waals surface area (Å²) in [6.07, 6.45) is 1.18. The SMILES string of the molecule is CCCNCc1ccc(N(CC)C(C)COC)c(C)c1. The van der Waals surface area contributed by atoms with Gasteiger partial charge in [0.05, 0.1) is 6.61 Å². The summed E-state index contributed by atoms with van der Waals surface area (Å²) >= 11 is 0. The van der Waals surface area contributed by atoms with Gasteiger partial charge in [-0.2, -0.15) is 0 Å². The van der Waals surface area contributed by atoms with Crippen LogP contribution in [0.1, 0.15) is 38.3 Å². The van der Waals surface area contributed by atoms with Crippen molar-refractivity contribution in [2.75, 3.05) is 31.7 Å². The van der Waals surface area contributed by atoms with Gasteiger partial charge in [0.25, 0.3) is 0 Å². The average molecular weight is 278 g/mol. The lowest BCUT2D eigenvalue weighted by atomic mass is 10.1. The van der Waals surface area contributed by atoms with Crippen molar-refractivity contribution in [2.45, 2.75) is 46.7 Å². The first kappa shape index (κ1) is 17.0. The first-order valence-corrected chi connectivity index (χ1v) is 7.69. The molecule has 1 atom stereocenters. The van der Waals surface area contributed by atoms with Gasteiger partial charge >= 0.3 is 0 Å². The van der Waals surface area contributed by atoms with Crippen LogP contribution < -0.4 is 10.2 Å². The molecule has 0 aliphatic heterocycles. The highest BCUT2D eigenvalue weighted by atomic mass is 16.5. The van der Waals surface area contributed by atoms with Gasteiger partial charge in [-0.25, -0.2) is 0 Å². The van der Waals surface area contributed by atoms with Gasteiger partial charge < -0.3 is 15.0 Å². The summed E-state index contributed by atoms with van der Waals surface area (Å²) in [6, 6.07) is 7.16. The summed E-state index contributed by atoms with van der Waals surface area (Å²) in [5.74, 6) is 0. The number of hydrogen-bond acceptors (Lipinski definition) is 3. The molecular formula is C17H30N2O. The predicted octanol–water partition coefficient (Wildman–Crippen LogP) is 3.36. The average Bonchev–Trinajstić information content (AvgIpc) is 2.42. The predicted molar refractivity (Wildman–Crippen MR) is 87.5 cm³/mol. The fourth-order valence-electron chi connectivity index (χ4n) is 2.61. The van der Waals surface area contributed by atoms with Crippen LogP contribution in [0.3, 0.4) is 0 Å². The van der Waals surface area contributed by atoms with Crippen LogP contribution in [0.15, 0.2) is 18.2 Å². The van der Waals surface area contributed by atoms with E-state index in [9.17, 15) is 0 Å². The number of rotatable bonds is 9. The maximum atomic E-state index is 5.29. The van der Waals surface area contributed by atoms with E-state index in [1.807, 2.05) is 0 Å². The van der Waals surface area contributed by atoms with Crippen LogP contribution in [0.4, 0.5) is 5.69 Å². The van der Waals surface area contributed by atoms with Gasteiger partial charge in [-0.1, -0.05) is 19.1 Å². The number of anilines is 1. The van der Waals surface area contributed by atoms with Gasteiger partial charge in [0.15, 0.2) is 0 Å². The van der Waals surface area contributed by atoms with E-state index in [0.29, 0.717) is 6.04 Å². The van der Waals surface area contributed by atoms with Gasteiger partial charge in [-0.15, -0.1) is 0 Å². The molecule has 0 heterocycles. The van der Waals surface area contributed by atoms with Crippen molar-refractivity contribution >= 4 is 5.69 Å². The second-order valence-electron chi connectivity index (χ2n) is 5.39. The third-order valence-corrected chi connectivity index (χ3v) is 3.61. The summed E-state index contributed by atoms with van der Waals surface area (Å²) in [4.78, 5) is 2.40. The molecule has 0 aromatic heterocycles. The van der Waals surface area contributed by atoms with Crippen molar-refractivity contribution < 1.29 is 4.74 Å². The van der Waals surface area contributed by atoms with Crippen LogP contribution in [0.25, 0.3) is 0 Å². The van der Waals surface area contributed by atoms with Crippen molar-refractivity contribution in [3.05, 3.63) is 29.3 Å². The normalized spacial score (nSPS) is 12.4. The standard InChI is InChI=1S/C17H30N2O/c1-6-10-18-12-16-8-9-17(14(3)11-16)19(7-2)15(4)13-20-5/h8-9,11,15,18H,6-7,10,12-13H2,1-5H3. The summed E-state index contributed by atoms with van der Waals surface area (Å²) in [5, 5.41) is 3.45. The van der Waals surface area contributed by atoms with E-state index in [2.05, 4.69) is 56.1 Å². The zero-order chi connectivity index (χ0) is 15.0. The van der Waals surface area contributed by atoms with E-state index < -0.39 is 0 Å². The zero-order valence-electron chi connectivity index (χ0n) is 13.7. The van der Waals surface area contributed by atoms with Gasteiger partial charge in [0, 0.05) is 31.9 Å². The van der Waals surface area contributed by atoms with Crippen molar-refractivity contribution in [3.63, 3.8) is 0 Å². The summed E-state index contributed by atoms with van der Waals surface area (Å²) in [6.45, 7) is 12.6. The van der Waals surface area contributed by atoms with Crippen LogP contribution in [-0.2, 0) is 11.3 Å². The molecule has 0 bridgehead atoms. The largest absolute Gasteiger partial charge is 0.383 e. The summed E-state index contributed by atoms with van der Waals surface area (Å²) in [7, 11) is 1.76. The molecule has 1 N–H and O–H groups in total. The van der Waals surface area contributed by atoms with Gasteiger partial charge in [0.2, 0.25) is 0 Å². The molecule has 0 saturated heterocycles. The van der Waals surface area contributed by atoms with E-state index in [4.69, 9.17) is 4.74 Å². The van der Waals surface area contributed by atoms with Crippen LogP contribution in [0.5, 0.6) is 0 Å². The molecule has 114 valence electrons. The zero-order valence-corrected chi connectivity index (χ0v) is 13.7. The van der Waals surface area contributed by atoms with Crippen LogP contribution in [-0.4, -0.2) is 32.8 Å².